The van der Waals surface area contributed by atoms with Crippen LogP contribution in [-0.4, -0.2) is 20.6 Å². The number of carboxylic acid groups (broad SMARTS) is 1. The Bertz CT molecular complexity index is 884. The van der Waals surface area contributed by atoms with E-state index < -0.39 is 34.6 Å². The highest BCUT2D eigenvalue weighted by atomic mass is 35.5. The molecule has 1 heterocycles. The van der Waals surface area contributed by atoms with Crippen LogP contribution in [0, 0.1) is 12.7 Å². The van der Waals surface area contributed by atoms with Crippen LogP contribution in [0.5, 0.6) is 0 Å². The molecule has 2 aromatic rings. The fraction of sp³-hybridized carbons (Fsp3) is 0.267. The molecule has 0 fully saturated rings. The number of carboxylic acids is 1. The van der Waals surface area contributed by atoms with Crippen molar-refractivity contribution in [2.45, 2.75) is 26.7 Å². The zero-order valence-electron chi connectivity index (χ0n) is 12.6. The first-order valence-corrected chi connectivity index (χ1v) is 7.11. The fourth-order valence-electron chi connectivity index (χ4n) is 2.31. The molecule has 0 bridgehead atoms. The van der Waals surface area contributed by atoms with E-state index in [9.17, 15) is 23.9 Å². The van der Waals surface area contributed by atoms with Gasteiger partial charge in [0.25, 0.3) is 5.56 Å². The smallest absolute Gasteiger partial charge is 0.337 e. The predicted molar refractivity (Wildman–Crippen MR) is 83.4 cm³/mol. The van der Waals surface area contributed by atoms with Crippen LogP contribution in [0.15, 0.2) is 21.7 Å². The molecule has 2 rings (SSSR count). The molecule has 0 saturated carbocycles. The summed E-state index contributed by atoms with van der Waals surface area (Å²) >= 11 is 5.97. The Balaban J connectivity index is 2.97. The minimum Gasteiger partial charge on any atom is -0.478 e. The number of halogens is 2. The Morgan fingerprint density at radius 1 is 1.35 bits per heavy atom. The van der Waals surface area contributed by atoms with Gasteiger partial charge >= 0.3 is 11.7 Å². The van der Waals surface area contributed by atoms with Gasteiger partial charge in [-0.3, -0.25) is 4.79 Å². The molecule has 0 atom stereocenters. The number of carbonyl (C=O) groups is 1. The zero-order chi connectivity index (χ0) is 17.5. The maximum Gasteiger partial charge on any atom is 0.337 e. The van der Waals surface area contributed by atoms with Gasteiger partial charge in [0.15, 0.2) is 5.82 Å². The molecule has 1 aromatic heterocycles. The lowest BCUT2D eigenvalue weighted by molar-refractivity contribution is 0.0697. The van der Waals surface area contributed by atoms with Crippen molar-refractivity contribution in [3.05, 3.63) is 60.6 Å². The van der Waals surface area contributed by atoms with Gasteiger partial charge in [0.05, 0.1) is 16.3 Å². The van der Waals surface area contributed by atoms with Crippen LogP contribution in [0.25, 0.3) is 5.69 Å². The summed E-state index contributed by atoms with van der Waals surface area (Å²) in [4.78, 5) is 37.8. The van der Waals surface area contributed by atoms with Crippen molar-refractivity contribution in [2.24, 2.45) is 0 Å². The average molecular weight is 341 g/mol. The number of H-pyrrole nitrogens is 1. The number of nitrogens with one attached hydrogen (secondary N) is 1. The Kier molecular flexibility index (Phi) is 4.42. The standard InChI is InChI=1S/C15H14ClFN2O4/c1-6(2)11-12(16)8(14(21)22)5-9(13(11)17)19-10(20)4-7(3)18-15(19)23/h4-6H,1-3H3,(H,18,23)(H,21,22). The molecule has 0 radical (unpaired) electrons. The molecule has 1 aromatic carbocycles. The van der Waals surface area contributed by atoms with Crippen LogP contribution in [0.3, 0.4) is 0 Å². The Labute approximate surface area is 135 Å². The summed E-state index contributed by atoms with van der Waals surface area (Å²) in [5.74, 6) is -2.72. The number of hydrogen-bond donors (Lipinski definition) is 2. The van der Waals surface area contributed by atoms with Gasteiger partial charge in [-0.1, -0.05) is 25.4 Å². The highest BCUT2D eigenvalue weighted by Gasteiger charge is 2.24. The molecule has 122 valence electrons. The summed E-state index contributed by atoms with van der Waals surface area (Å²) in [7, 11) is 0. The summed E-state index contributed by atoms with van der Waals surface area (Å²) in [5, 5.41) is 8.99. The molecule has 0 unspecified atom stereocenters. The number of aromatic carboxylic acids is 1. The first-order chi connectivity index (χ1) is 10.6. The maximum atomic E-state index is 14.8. The van der Waals surface area contributed by atoms with Crippen LogP contribution in [0.4, 0.5) is 4.39 Å². The molecule has 8 heteroatoms. The van der Waals surface area contributed by atoms with Gasteiger partial charge in [-0.2, -0.15) is 0 Å². The van der Waals surface area contributed by atoms with E-state index in [4.69, 9.17) is 11.6 Å². The summed E-state index contributed by atoms with van der Waals surface area (Å²) in [5.41, 5.74) is -2.19. The van der Waals surface area contributed by atoms with Crippen molar-refractivity contribution in [1.82, 2.24) is 9.55 Å². The first-order valence-electron chi connectivity index (χ1n) is 6.73. The van der Waals surface area contributed by atoms with Crippen LogP contribution in [0.2, 0.25) is 5.02 Å². The van der Waals surface area contributed by atoms with E-state index in [-0.39, 0.29) is 16.1 Å². The lowest BCUT2D eigenvalue weighted by Crippen LogP contribution is -2.34. The van der Waals surface area contributed by atoms with Crippen LogP contribution in [0.1, 0.15) is 41.4 Å². The molecule has 0 aliphatic carbocycles. The number of aromatic amines is 1. The molecular formula is C15H14ClFN2O4. The van der Waals surface area contributed by atoms with Crippen molar-refractivity contribution in [1.29, 1.82) is 0 Å². The normalized spacial score (nSPS) is 11.0. The van der Waals surface area contributed by atoms with E-state index in [0.717, 1.165) is 12.1 Å². The number of benzene rings is 1. The van der Waals surface area contributed by atoms with Gasteiger partial charge in [-0.05, 0) is 18.9 Å². The predicted octanol–water partition coefficient (Wildman–Crippen LogP) is 2.45. The van der Waals surface area contributed by atoms with E-state index in [2.05, 4.69) is 4.98 Å². The summed E-state index contributed by atoms with van der Waals surface area (Å²) in [6.07, 6.45) is 0. The molecule has 0 aliphatic heterocycles. The third-order valence-electron chi connectivity index (χ3n) is 3.33. The average Bonchev–Trinajstić information content (AvgIpc) is 2.39. The molecule has 0 amide bonds. The highest BCUT2D eigenvalue weighted by molar-refractivity contribution is 6.34. The van der Waals surface area contributed by atoms with Crippen molar-refractivity contribution in [2.75, 3.05) is 0 Å². The van der Waals surface area contributed by atoms with E-state index >= 15 is 0 Å². The highest BCUT2D eigenvalue weighted by Crippen LogP contribution is 2.33. The Hall–Kier alpha value is -2.41. The van der Waals surface area contributed by atoms with E-state index in [0.29, 0.717) is 10.3 Å². The van der Waals surface area contributed by atoms with Crippen LogP contribution >= 0.6 is 11.6 Å². The van der Waals surface area contributed by atoms with Crippen LogP contribution < -0.4 is 11.2 Å². The molecule has 0 spiro atoms. The second kappa shape index (κ2) is 6.00. The fourth-order valence-corrected chi connectivity index (χ4v) is 2.74. The van der Waals surface area contributed by atoms with Crippen molar-refractivity contribution < 1.29 is 14.3 Å². The molecule has 0 aliphatic rings. The molecular weight excluding hydrogens is 327 g/mol. The molecule has 23 heavy (non-hydrogen) atoms. The van der Waals surface area contributed by atoms with Gasteiger partial charge in [0.1, 0.15) is 0 Å². The SMILES string of the molecule is Cc1cc(=O)n(-c2cc(C(=O)O)c(Cl)c(C(C)C)c2F)c(=O)[nH]1. The topological polar surface area (TPSA) is 92.2 Å². The maximum absolute atomic E-state index is 14.8. The number of rotatable bonds is 3. The summed E-state index contributed by atoms with van der Waals surface area (Å²) in [6.45, 7) is 4.76. The number of nitrogens with zero attached hydrogens (tertiary/aromatic N) is 1. The van der Waals surface area contributed by atoms with E-state index in [1.165, 1.54) is 6.92 Å². The molecule has 6 nitrogen and oxygen atoms in total. The third-order valence-corrected chi connectivity index (χ3v) is 3.74. The van der Waals surface area contributed by atoms with Crippen molar-refractivity contribution in [3.8, 4) is 5.69 Å². The number of aryl methyl sites for hydroxylation is 1. The second-order valence-electron chi connectivity index (χ2n) is 5.38. The minimum absolute atomic E-state index is 0.0616. The van der Waals surface area contributed by atoms with Gasteiger partial charge in [-0.15, -0.1) is 0 Å². The first kappa shape index (κ1) is 17.0. The van der Waals surface area contributed by atoms with Gasteiger partial charge in [0.2, 0.25) is 0 Å². The largest absolute Gasteiger partial charge is 0.478 e. The lowest BCUT2D eigenvalue weighted by atomic mass is 9.98. The quantitative estimate of drug-likeness (QED) is 0.897. The molecule has 0 saturated heterocycles. The Morgan fingerprint density at radius 2 is 1.96 bits per heavy atom. The lowest BCUT2D eigenvalue weighted by Gasteiger charge is -2.16. The minimum atomic E-state index is -1.38. The summed E-state index contributed by atoms with van der Waals surface area (Å²) < 4.78 is 15.3. The van der Waals surface area contributed by atoms with E-state index in [1.54, 1.807) is 13.8 Å². The monoisotopic (exact) mass is 340 g/mol. The van der Waals surface area contributed by atoms with Gasteiger partial charge in [0, 0.05) is 17.3 Å². The van der Waals surface area contributed by atoms with Crippen LogP contribution in [-0.2, 0) is 0 Å². The third kappa shape index (κ3) is 2.92. The number of aromatic nitrogens is 2. The Morgan fingerprint density at radius 3 is 2.43 bits per heavy atom. The van der Waals surface area contributed by atoms with Gasteiger partial charge < -0.3 is 10.1 Å². The van der Waals surface area contributed by atoms with Crippen molar-refractivity contribution >= 4 is 17.6 Å². The zero-order valence-corrected chi connectivity index (χ0v) is 13.4. The summed E-state index contributed by atoms with van der Waals surface area (Å²) in [6, 6.07) is 2.00. The second-order valence-corrected chi connectivity index (χ2v) is 5.75. The molecule has 2 N–H and O–H groups in total. The van der Waals surface area contributed by atoms with E-state index in [1.807, 2.05) is 0 Å². The van der Waals surface area contributed by atoms with Gasteiger partial charge in [-0.25, -0.2) is 18.5 Å². The van der Waals surface area contributed by atoms with Crippen molar-refractivity contribution in [3.63, 3.8) is 0 Å². The number of hydrogen-bond acceptors (Lipinski definition) is 3.